The first kappa shape index (κ1) is 10.1. The number of aliphatic hydroxyl groups is 1. The zero-order chi connectivity index (χ0) is 10.8. The van der Waals surface area contributed by atoms with Crippen LogP contribution in [0, 0.1) is 0 Å². The van der Waals surface area contributed by atoms with Crippen molar-refractivity contribution in [2.24, 2.45) is 0 Å². The van der Waals surface area contributed by atoms with Gasteiger partial charge in [-0.15, -0.1) is 5.10 Å². The van der Waals surface area contributed by atoms with Crippen molar-refractivity contribution >= 4 is 5.91 Å². The van der Waals surface area contributed by atoms with Crippen molar-refractivity contribution in [2.45, 2.75) is 31.8 Å². The van der Waals surface area contributed by atoms with E-state index in [0.29, 0.717) is 5.92 Å². The number of aliphatic hydroxyl groups excluding tert-OH is 1. The van der Waals surface area contributed by atoms with Gasteiger partial charge >= 0.3 is 0 Å². The van der Waals surface area contributed by atoms with E-state index in [1.54, 1.807) is 6.92 Å². The van der Waals surface area contributed by atoms with Gasteiger partial charge in [0.15, 0.2) is 0 Å². The number of rotatable bonds is 4. The Morgan fingerprint density at radius 2 is 2.47 bits per heavy atom. The van der Waals surface area contributed by atoms with Crippen LogP contribution < -0.4 is 5.32 Å². The molecular weight excluding hydrogens is 196 g/mol. The minimum atomic E-state index is -0.559. The quantitative estimate of drug-likeness (QED) is 0.641. The maximum Gasteiger partial charge on any atom is 0.291 e. The first-order chi connectivity index (χ1) is 7.16. The van der Waals surface area contributed by atoms with Crippen LogP contribution in [-0.4, -0.2) is 38.8 Å². The Balaban J connectivity index is 1.93. The molecule has 2 rings (SSSR count). The highest BCUT2D eigenvalue weighted by Gasteiger charge is 2.28. The number of carbonyl (C=O) groups is 1. The monoisotopic (exact) mass is 210 g/mol. The molecule has 1 saturated carbocycles. The first-order valence-electron chi connectivity index (χ1n) is 5.05. The Morgan fingerprint density at radius 3 is 3.07 bits per heavy atom. The summed E-state index contributed by atoms with van der Waals surface area (Å²) in [5.74, 6) is 1.05. The van der Waals surface area contributed by atoms with Crippen LogP contribution in [0.5, 0.6) is 0 Å². The Hall–Kier alpha value is -1.43. The van der Waals surface area contributed by atoms with Gasteiger partial charge in [0.1, 0.15) is 5.82 Å². The number of amides is 1. The zero-order valence-corrected chi connectivity index (χ0v) is 8.53. The molecule has 0 radical (unpaired) electrons. The highest BCUT2D eigenvalue weighted by atomic mass is 16.3. The van der Waals surface area contributed by atoms with Crippen LogP contribution in [0.3, 0.4) is 0 Å². The van der Waals surface area contributed by atoms with Crippen molar-refractivity contribution in [3.05, 3.63) is 11.6 Å². The predicted octanol–water partition coefficient (Wildman–Crippen LogP) is -0.207. The highest BCUT2D eigenvalue weighted by Crippen LogP contribution is 2.37. The third-order valence-corrected chi connectivity index (χ3v) is 2.23. The van der Waals surface area contributed by atoms with Gasteiger partial charge in [0.25, 0.3) is 5.91 Å². The summed E-state index contributed by atoms with van der Waals surface area (Å²) in [4.78, 5) is 15.5. The standard InChI is InChI=1S/C9H14N4O2/c1-5(14)4-10-9(15)8-11-7(12-13-8)6-2-3-6/h5-6,14H,2-4H2,1H3,(H,10,15)(H,11,12,13). The molecule has 0 spiro atoms. The Kier molecular flexibility index (Phi) is 2.68. The number of nitrogens with zero attached hydrogens (tertiary/aromatic N) is 2. The molecule has 1 unspecified atom stereocenters. The number of hydrogen-bond acceptors (Lipinski definition) is 4. The van der Waals surface area contributed by atoms with Crippen LogP contribution in [0.25, 0.3) is 0 Å². The van der Waals surface area contributed by atoms with E-state index in [9.17, 15) is 4.79 Å². The largest absolute Gasteiger partial charge is 0.392 e. The van der Waals surface area contributed by atoms with Crippen LogP contribution in [0.4, 0.5) is 0 Å². The molecule has 6 heteroatoms. The molecule has 1 amide bonds. The molecule has 0 aliphatic heterocycles. The average molecular weight is 210 g/mol. The molecule has 1 heterocycles. The number of carbonyl (C=O) groups excluding carboxylic acids is 1. The SMILES string of the molecule is CC(O)CNC(=O)c1n[nH]c(C2CC2)n1. The molecular formula is C9H14N4O2. The molecule has 6 nitrogen and oxygen atoms in total. The van der Waals surface area contributed by atoms with E-state index >= 15 is 0 Å². The summed E-state index contributed by atoms with van der Waals surface area (Å²) in [6, 6.07) is 0. The third-order valence-electron chi connectivity index (χ3n) is 2.23. The fourth-order valence-corrected chi connectivity index (χ4v) is 1.23. The zero-order valence-electron chi connectivity index (χ0n) is 8.53. The van der Waals surface area contributed by atoms with Crippen LogP contribution in [-0.2, 0) is 0 Å². The molecule has 0 saturated heterocycles. The number of nitrogens with one attached hydrogen (secondary N) is 2. The van der Waals surface area contributed by atoms with Crippen LogP contribution in [0.2, 0.25) is 0 Å². The fraction of sp³-hybridized carbons (Fsp3) is 0.667. The van der Waals surface area contributed by atoms with Gasteiger partial charge in [-0.2, -0.15) is 0 Å². The molecule has 82 valence electrons. The Morgan fingerprint density at radius 1 is 1.73 bits per heavy atom. The van der Waals surface area contributed by atoms with Gasteiger partial charge in [-0.05, 0) is 19.8 Å². The van der Waals surface area contributed by atoms with Gasteiger partial charge in [0.05, 0.1) is 6.10 Å². The van der Waals surface area contributed by atoms with Gasteiger partial charge in [0, 0.05) is 12.5 Å². The lowest BCUT2D eigenvalue weighted by Gasteiger charge is -2.03. The smallest absolute Gasteiger partial charge is 0.291 e. The number of aromatic nitrogens is 3. The molecule has 1 atom stereocenters. The Labute approximate surface area is 87.1 Å². The van der Waals surface area contributed by atoms with Crippen molar-refractivity contribution in [1.82, 2.24) is 20.5 Å². The molecule has 0 aromatic carbocycles. The molecule has 1 fully saturated rings. The second-order valence-corrected chi connectivity index (χ2v) is 3.88. The molecule has 0 bridgehead atoms. The summed E-state index contributed by atoms with van der Waals surface area (Å²) < 4.78 is 0. The predicted molar refractivity (Wildman–Crippen MR) is 52.4 cm³/mol. The van der Waals surface area contributed by atoms with Crippen LogP contribution >= 0.6 is 0 Å². The van der Waals surface area contributed by atoms with Crippen LogP contribution in [0.15, 0.2) is 0 Å². The Bertz CT molecular complexity index is 357. The van der Waals surface area contributed by atoms with Gasteiger partial charge < -0.3 is 10.4 Å². The molecule has 1 aromatic heterocycles. The second kappa shape index (κ2) is 3.98. The lowest BCUT2D eigenvalue weighted by atomic mass is 10.4. The minimum absolute atomic E-state index is 0.151. The lowest BCUT2D eigenvalue weighted by molar-refractivity contribution is 0.0914. The summed E-state index contributed by atoms with van der Waals surface area (Å²) >= 11 is 0. The fourth-order valence-electron chi connectivity index (χ4n) is 1.23. The number of H-pyrrole nitrogens is 1. The van der Waals surface area contributed by atoms with Crippen LogP contribution in [0.1, 0.15) is 42.1 Å². The lowest BCUT2D eigenvalue weighted by Crippen LogP contribution is -2.31. The molecule has 1 aromatic rings. The molecule has 1 aliphatic carbocycles. The van der Waals surface area contributed by atoms with Crippen molar-refractivity contribution in [1.29, 1.82) is 0 Å². The van der Waals surface area contributed by atoms with Crippen molar-refractivity contribution in [2.75, 3.05) is 6.54 Å². The van der Waals surface area contributed by atoms with E-state index in [4.69, 9.17) is 5.11 Å². The van der Waals surface area contributed by atoms with E-state index in [0.717, 1.165) is 18.7 Å². The second-order valence-electron chi connectivity index (χ2n) is 3.88. The normalized spacial score (nSPS) is 17.5. The molecule has 1 aliphatic rings. The average Bonchev–Trinajstić information content (AvgIpc) is 2.93. The van der Waals surface area contributed by atoms with E-state index in [-0.39, 0.29) is 18.3 Å². The summed E-state index contributed by atoms with van der Waals surface area (Å²) in [5.41, 5.74) is 0. The van der Waals surface area contributed by atoms with Gasteiger partial charge in [-0.25, -0.2) is 4.98 Å². The highest BCUT2D eigenvalue weighted by molar-refractivity contribution is 5.90. The van der Waals surface area contributed by atoms with E-state index < -0.39 is 6.10 Å². The van der Waals surface area contributed by atoms with Gasteiger partial charge in [-0.3, -0.25) is 9.89 Å². The summed E-state index contributed by atoms with van der Waals surface area (Å²) in [7, 11) is 0. The van der Waals surface area contributed by atoms with E-state index in [1.807, 2.05) is 0 Å². The first-order valence-corrected chi connectivity index (χ1v) is 5.05. The third kappa shape index (κ3) is 2.53. The maximum atomic E-state index is 11.4. The van der Waals surface area contributed by atoms with E-state index in [1.165, 1.54) is 0 Å². The molecule has 15 heavy (non-hydrogen) atoms. The van der Waals surface area contributed by atoms with Crippen molar-refractivity contribution < 1.29 is 9.90 Å². The summed E-state index contributed by atoms with van der Waals surface area (Å²) in [6.45, 7) is 1.82. The molecule has 3 N–H and O–H groups in total. The minimum Gasteiger partial charge on any atom is -0.392 e. The van der Waals surface area contributed by atoms with Crippen molar-refractivity contribution in [3.8, 4) is 0 Å². The summed E-state index contributed by atoms with van der Waals surface area (Å²) in [6.07, 6.45) is 1.67. The number of aromatic amines is 1. The van der Waals surface area contributed by atoms with Gasteiger partial charge in [-0.1, -0.05) is 0 Å². The van der Waals surface area contributed by atoms with Crippen molar-refractivity contribution in [3.63, 3.8) is 0 Å². The number of hydrogen-bond donors (Lipinski definition) is 3. The van der Waals surface area contributed by atoms with Gasteiger partial charge in [0.2, 0.25) is 5.82 Å². The van der Waals surface area contributed by atoms with E-state index in [2.05, 4.69) is 20.5 Å². The maximum absolute atomic E-state index is 11.4. The summed E-state index contributed by atoms with van der Waals surface area (Å²) in [5, 5.41) is 18.1. The topological polar surface area (TPSA) is 90.9 Å².